The lowest BCUT2D eigenvalue weighted by molar-refractivity contribution is -0.393. The molecule has 16 heteroatoms. The highest BCUT2D eigenvalue weighted by molar-refractivity contribution is 6.44. The fourth-order valence-corrected chi connectivity index (χ4v) is 2.97. The Morgan fingerprint density at radius 2 is 1.03 bits per heavy atom. The summed E-state index contributed by atoms with van der Waals surface area (Å²) in [6.07, 6.45) is 1.55. The van der Waals surface area contributed by atoms with Crippen LogP contribution in [0.4, 0.5) is 34.1 Å². The largest absolute Gasteiger partial charge is 0.301 e. The van der Waals surface area contributed by atoms with Crippen LogP contribution in [0.1, 0.15) is 19.3 Å². The molecule has 0 heterocycles. The van der Waals surface area contributed by atoms with E-state index >= 15 is 0 Å². The van der Waals surface area contributed by atoms with Crippen LogP contribution < -0.4 is 10.9 Å². The topological polar surface area (TPSA) is 221 Å². The molecule has 0 spiro atoms. The first-order valence-electron chi connectivity index (χ1n) is 9.18. The van der Waals surface area contributed by atoms with Gasteiger partial charge in [0.15, 0.2) is 0 Å². The first kappa shape index (κ1) is 22.7. The van der Waals surface area contributed by atoms with E-state index in [9.17, 15) is 40.5 Å². The maximum absolute atomic E-state index is 11.2. The minimum Gasteiger partial charge on any atom is -0.271 e. The molecule has 0 atom stereocenters. The molecule has 0 bridgehead atoms. The average molecular weight is 458 g/mol. The predicted molar refractivity (Wildman–Crippen MR) is 115 cm³/mol. The lowest BCUT2D eigenvalue weighted by Crippen LogP contribution is -2.11. The molecule has 2 aromatic rings. The standard InChI is InChI=1S/C17H14N8O8/c26-22(27)10-4-6-14(16(8-10)24(30)31)20-18-12-2-1-3-13(12)19-21-15-7-5-11(23(28)29)9-17(15)25(32)33/h4-9,20-21H,1-3H2/b18-12+,19-13+. The summed E-state index contributed by atoms with van der Waals surface area (Å²) in [6, 6.07) is 6.11. The Morgan fingerprint density at radius 3 is 1.36 bits per heavy atom. The van der Waals surface area contributed by atoms with Crippen molar-refractivity contribution in [1.29, 1.82) is 0 Å². The second-order valence-corrected chi connectivity index (χ2v) is 6.63. The van der Waals surface area contributed by atoms with Crippen LogP contribution in [0.5, 0.6) is 0 Å². The fourth-order valence-electron chi connectivity index (χ4n) is 2.97. The number of nitrogens with zero attached hydrogens (tertiary/aromatic N) is 6. The van der Waals surface area contributed by atoms with Crippen molar-refractivity contribution in [2.24, 2.45) is 10.2 Å². The third-order valence-electron chi connectivity index (χ3n) is 4.56. The summed E-state index contributed by atoms with van der Waals surface area (Å²) in [6.45, 7) is 0. The summed E-state index contributed by atoms with van der Waals surface area (Å²) in [7, 11) is 0. The quantitative estimate of drug-likeness (QED) is 0.430. The first-order chi connectivity index (χ1) is 15.7. The van der Waals surface area contributed by atoms with E-state index in [1.54, 1.807) is 0 Å². The molecule has 0 unspecified atom stereocenters. The van der Waals surface area contributed by atoms with E-state index < -0.39 is 42.4 Å². The highest BCUT2D eigenvalue weighted by Crippen LogP contribution is 2.30. The molecule has 1 saturated carbocycles. The van der Waals surface area contributed by atoms with Gasteiger partial charge in [0, 0.05) is 12.1 Å². The average Bonchev–Trinajstić information content (AvgIpc) is 3.23. The van der Waals surface area contributed by atoms with E-state index in [1.165, 1.54) is 0 Å². The van der Waals surface area contributed by atoms with Crippen LogP contribution in [-0.4, -0.2) is 31.1 Å². The number of hydrogen-bond acceptors (Lipinski definition) is 12. The van der Waals surface area contributed by atoms with Crippen molar-refractivity contribution < 1.29 is 19.7 Å². The Bertz CT molecular complexity index is 1130. The van der Waals surface area contributed by atoms with Crippen molar-refractivity contribution in [2.45, 2.75) is 19.3 Å². The van der Waals surface area contributed by atoms with Gasteiger partial charge in [-0.25, -0.2) is 0 Å². The van der Waals surface area contributed by atoms with E-state index in [-0.39, 0.29) is 11.4 Å². The smallest absolute Gasteiger partial charge is 0.271 e. The second-order valence-electron chi connectivity index (χ2n) is 6.63. The third kappa shape index (κ3) is 5.19. The van der Waals surface area contributed by atoms with Gasteiger partial charge in [0.2, 0.25) is 0 Å². The lowest BCUT2D eigenvalue weighted by atomic mass is 10.2. The van der Waals surface area contributed by atoms with Crippen molar-refractivity contribution in [3.63, 3.8) is 0 Å². The summed E-state index contributed by atoms with van der Waals surface area (Å²) in [5, 5.41) is 52.3. The molecular formula is C17H14N8O8. The SMILES string of the molecule is O=[N+]([O-])c1ccc(N/N=C2\CCC\C2=N/Nc2ccc([N+](=O)[O-])cc2[N+](=O)[O-])c([N+](=O)[O-])c1. The van der Waals surface area contributed by atoms with Crippen LogP contribution in [0, 0.1) is 40.5 Å². The van der Waals surface area contributed by atoms with Crippen LogP contribution in [0.2, 0.25) is 0 Å². The molecule has 0 aromatic heterocycles. The molecule has 0 saturated heterocycles. The van der Waals surface area contributed by atoms with Crippen molar-refractivity contribution in [3.05, 3.63) is 76.9 Å². The van der Waals surface area contributed by atoms with Gasteiger partial charge in [-0.1, -0.05) is 0 Å². The minimum atomic E-state index is -0.783. The van der Waals surface area contributed by atoms with Gasteiger partial charge in [-0.15, -0.1) is 0 Å². The first-order valence-corrected chi connectivity index (χ1v) is 9.18. The summed E-state index contributed by atoms with van der Waals surface area (Å²) >= 11 is 0. The molecule has 170 valence electrons. The third-order valence-corrected chi connectivity index (χ3v) is 4.56. The molecule has 33 heavy (non-hydrogen) atoms. The number of non-ortho nitro benzene ring substituents is 2. The van der Waals surface area contributed by atoms with Crippen LogP contribution >= 0.6 is 0 Å². The second kappa shape index (κ2) is 9.41. The summed E-state index contributed by atoms with van der Waals surface area (Å²) in [5.41, 5.74) is 3.76. The molecular weight excluding hydrogens is 444 g/mol. The molecule has 1 aliphatic rings. The predicted octanol–water partition coefficient (Wildman–Crippen LogP) is 3.74. The van der Waals surface area contributed by atoms with Gasteiger partial charge in [0.25, 0.3) is 11.4 Å². The maximum atomic E-state index is 11.2. The van der Waals surface area contributed by atoms with Gasteiger partial charge in [0.1, 0.15) is 11.4 Å². The minimum absolute atomic E-state index is 0.0664. The van der Waals surface area contributed by atoms with E-state index in [0.717, 1.165) is 36.4 Å². The number of nitro benzene ring substituents is 4. The molecule has 1 fully saturated rings. The molecule has 2 N–H and O–H groups in total. The molecule has 0 aliphatic heterocycles. The monoisotopic (exact) mass is 458 g/mol. The number of anilines is 2. The molecule has 3 rings (SSSR count). The van der Waals surface area contributed by atoms with Crippen molar-refractivity contribution >= 4 is 45.5 Å². The van der Waals surface area contributed by atoms with E-state index in [2.05, 4.69) is 21.1 Å². The van der Waals surface area contributed by atoms with Gasteiger partial charge in [-0.05, 0) is 31.4 Å². The van der Waals surface area contributed by atoms with Crippen LogP contribution in [-0.2, 0) is 0 Å². The Kier molecular flexibility index (Phi) is 6.46. The number of rotatable bonds is 8. The highest BCUT2D eigenvalue weighted by Gasteiger charge is 2.23. The van der Waals surface area contributed by atoms with E-state index in [1.807, 2.05) is 0 Å². The zero-order valence-corrected chi connectivity index (χ0v) is 16.5. The molecule has 0 amide bonds. The Balaban J connectivity index is 1.83. The molecule has 16 nitrogen and oxygen atoms in total. The summed E-state index contributed by atoms with van der Waals surface area (Å²) in [5.74, 6) is 0. The molecule has 1 aliphatic carbocycles. The van der Waals surface area contributed by atoms with Gasteiger partial charge < -0.3 is 0 Å². The van der Waals surface area contributed by atoms with Gasteiger partial charge in [-0.2, -0.15) is 10.2 Å². The van der Waals surface area contributed by atoms with E-state index in [4.69, 9.17) is 0 Å². The van der Waals surface area contributed by atoms with Gasteiger partial charge in [-0.3, -0.25) is 51.3 Å². The maximum Gasteiger partial charge on any atom is 0.301 e. The zero-order chi connectivity index (χ0) is 24.1. The number of benzene rings is 2. The number of hydrazone groups is 2. The van der Waals surface area contributed by atoms with Crippen molar-refractivity contribution in [3.8, 4) is 0 Å². The number of nitrogens with one attached hydrogen (secondary N) is 2. The lowest BCUT2D eigenvalue weighted by Gasteiger charge is -2.06. The van der Waals surface area contributed by atoms with Crippen molar-refractivity contribution in [1.82, 2.24) is 0 Å². The number of hydrogen-bond donors (Lipinski definition) is 2. The Morgan fingerprint density at radius 1 is 0.636 bits per heavy atom. The summed E-state index contributed by atoms with van der Waals surface area (Å²) < 4.78 is 0. The van der Waals surface area contributed by atoms with Crippen molar-refractivity contribution in [2.75, 3.05) is 10.9 Å². The highest BCUT2D eigenvalue weighted by atomic mass is 16.6. The molecule has 0 radical (unpaired) electrons. The normalized spacial score (nSPS) is 15.4. The Labute approximate surface area is 183 Å². The zero-order valence-electron chi connectivity index (χ0n) is 16.5. The Hall–Kier alpha value is -5.02. The fraction of sp³-hybridized carbons (Fsp3) is 0.176. The van der Waals surface area contributed by atoms with Crippen LogP contribution in [0.3, 0.4) is 0 Å². The van der Waals surface area contributed by atoms with Crippen LogP contribution in [0.15, 0.2) is 46.6 Å². The van der Waals surface area contributed by atoms with Crippen LogP contribution in [0.25, 0.3) is 0 Å². The van der Waals surface area contributed by atoms with Gasteiger partial charge >= 0.3 is 11.4 Å². The molecule has 2 aromatic carbocycles. The summed E-state index contributed by atoms with van der Waals surface area (Å²) in [4.78, 5) is 41.1. The van der Waals surface area contributed by atoms with E-state index in [0.29, 0.717) is 30.7 Å². The number of nitro groups is 4. The van der Waals surface area contributed by atoms with Gasteiger partial charge in [0.05, 0.1) is 43.2 Å².